The molecule has 0 atom stereocenters. The minimum Gasteiger partial charge on any atom is -0.464 e. The van der Waals surface area contributed by atoms with Gasteiger partial charge in [-0.1, -0.05) is 0 Å². The lowest BCUT2D eigenvalue weighted by Gasteiger charge is -1.97. The molecule has 0 bridgehead atoms. The molecule has 0 aromatic heterocycles. The normalized spacial score (nSPS) is 8.11. The number of rotatable bonds is 4. The number of amides is 1. The summed E-state index contributed by atoms with van der Waals surface area (Å²) in [4.78, 5) is 19.5. The Morgan fingerprint density at radius 2 is 2.44 bits per heavy atom. The van der Waals surface area contributed by atoms with E-state index in [0.29, 0.717) is 6.54 Å². The first-order valence-corrected chi connectivity index (χ1v) is 2.50. The maximum absolute atomic E-state index is 10.1. The number of hydrogen-bond acceptors (Lipinski definition) is 3. The quantitative estimate of drug-likeness (QED) is 0.308. The Morgan fingerprint density at radius 3 is 2.89 bits per heavy atom. The third kappa shape index (κ3) is 6.94. The second kappa shape index (κ2) is 5.08. The van der Waals surface area contributed by atoms with Crippen molar-refractivity contribution in [2.45, 2.75) is 6.92 Å². The first-order valence-electron chi connectivity index (χ1n) is 2.50. The highest BCUT2D eigenvalue weighted by molar-refractivity contribution is 5.65. The minimum absolute atomic E-state index is 0.213. The van der Waals surface area contributed by atoms with Gasteiger partial charge in [-0.3, -0.25) is 9.59 Å². The third-order valence-electron chi connectivity index (χ3n) is 0.605. The van der Waals surface area contributed by atoms with Gasteiger partial charge < -0.3 is 10.1 Å². The second-order valence-electron chi connectivity index (χ2n) is 1.37. The summed E-state index contributed by atoms with van der Waals surface area (Å²) in [6.45, 7) is 1.85. The molecule has 0 aliphatic carbocycles. The van der Waals surface area contributed by atoms with Crippen molar-refractivity contribution in [2.24, 2.45) is 0 Å². The van der Waals surface area contributed by atoms with Crippen molar-refractivity contribution in [2.75, 3.05) is 13.2 Å². The predicted octanol–water partition coefficient (Wildman–Crippen LogP) is -0.794. The van der Waals surface area contributed by atoms with E-state index in [1.54, 1.807) is 0 Å². The van der Waals surface area contributed by atoms with E-state index in [-0.39, 0.29) is 12.6 Å². The maximum atomic E-state index is 10.1. The maximum Gasteiger partial charge on any atom is 0.309 e. The lowest BCUT2D eigenvalue weighted by atomic mass is 10.7. The van der Waals surface area contributed by atoms with Gasteiger partial charge in [-0.05, 0) is 0 Å². The lowest BCUT2D eigenvalue weighted by Crippen LogP contribution is -2.18. The van der Waals surface area contributed by atoms with E-state index >= 15 is 0 Å². The molecular formula is C5H8NO3. The molecule has 4 heteroatoms. The highest BCUT2D eigenvalue weighted by Gasteiger charge is 1.89. The molecule has 4 nitrogen and oxygen atoms in total. The van der Waals surface area contributed by atoms with Crippen LogP contribution < -0.4 is 5.32 Å². The SMILES string of the molecule is CC(=O)OCCN[C]=O. The summed E-state index contributed by atoms with van der Waals surface area (Å²) < 4.78 is 4.46. The molecule has 0 aliphatic heterocycles. The molecule has 0 aromatic carbocycles. The molecule has 0 rings (SSSR count). The summed E-state index contributed by atoms with van der Waals surface area (Å²) >= 11 is 0. The van der Waals surface area contributed by atoms with Gasteiger partial charge in [0.25, 0.3) is 0 Å². The Balaban J connectivity index is 2.91. The average molecular weight is 130 g/mol. The summed E-state index contributed by atoms with van der Waals surface area (Å²) in [7, 11) is 0. The Kier molecular flexibility index (Phi) is 4.49. The topological polar surface area (TPSA) is 55.4 Å². The van der Waals surface area contributed by atoms with Crippen LogP contribution in [0, 0.1) is 0 Å². The third-order valence-corrected chi connectivity index (χ3v) is 0.605. The molecule has 1 radical (unpaired) electrons. The zero-order valence-electron chi connectivity index (χ0n) is 5.14. The van der Waals surface area contributed by atoms with Crippen molar-refractivity contribution in [1.29, 1.82) is 0 Å². The summed E-state index contributed by atoms with van der Waals surface area (Å²) in [5, 5.41) is 2.22. The molecule has 0 aliphatic rings. The zero-order valence-corrected chi connectivity index (χ0v) is 5.14. The van der Waals surface area contributed by atoms with Crippen molar-refractivity contribution in [3.63, 3.8) is 0 Å². The summed E-state index contributed by atoms with van der Waals surface area (Å²) in [5.41, 5.74) is 0. The number of nitrogens with one attached hydrogen (secondary N) is 1. The number of hydrogen-bond donors (Lipinski definition) is 1. The Hall–Kier alpha value is -1.06. The van der Waals surface area contributed by atoms with Gasteiger partial charge in [0.1, 0.15) is 6.61 Å². The first-order chi connectivity index (χ1) is 4.27. The van der Waals surface area contributed by atoms with E-state index in [4.69, 9.17) is 0 Å². The van der Waals surface area contributed by atoms with Gasteiger partial charge in [0.2, 0.25) is 0 Å². The van der Waals surface area contributed by atoms with Gasteiger partial charge in [-0.2, -0.15) is 0 Å². The summed E-state index contributed by atoms with van der Waals surface area (Å²) in [6, 6.07) is 0. The van der Waals surface area contributed by atoms with E-state index in [9.17, 15) is 9.59 Å². The van der Waals surface area contributed by atoms with Crippen LogP contribution >= 0.6 is 0 Å². The Morgan fingerprint density at radius 1 is 1.78 bits per heavy atom. The van der Waals surface area contributed by atoms with Gasteiger partial charge in [0, 0.05) is 6.92 Å². The monoisotopic (exact) mass is 130 g/mol. The van der Waals surface area contributed by atoms with E-state index < -0.39 is 0 Å². The lowest BCUT2D eigenvalue weighted by molar-refractivity contribution is -0.140. The van der Waals surface area contributed by atoms with Gasteiger partial charge in [0.15, 0.2) is 0 Å². The van der Waals surface area contributed by atoms with Gasteiger partial charge in [0.05, 0.1) is 6.54 Å². The van der Waals surface area contributed by atoms with Gasteiger partial charge >= 0.3 is 12.4 Å². The molecule has 0 aromatic rings. The van der Waals surface area contributed by atoms with E-state index in [1.165, 1.54) is 13.3 Å². The Bertz CT molecular complexity index is 102. The van der Waals surface area contributed by atoms with E-state index in [2.05, 4.69) is 10.1 Å². The molecule has 1 amide bonds. The standard InChI is InChI=1S/C5H8NO3/c1-5(8)9-3-2-6-4-7/h2-3H2,1H3,(H,6,7). The second-order valence-corrected chi connectivity index (χ2v) is 1.37. The minimum atomic E-state index is -0.345. The predicted molar refractivity (Wildman–Crippen MR) is 30.3 cm³/mol. The van der Waals surface area contributed by atoms with E-state index in [0.717, 1.165) is 0 Å². The molecule has 51 valence electrons. The van der Waals surface area contributed by atoms with Crippen LogP contribution in [-0.4, -0.2) is 25.5 Å². The fourth-order valence-corrected chi connectivity index (χ4v) is 0.297. The summed E-state index contributed by atoms with van der Waals surface area (Å²) in [5.74, 6) is -0.345. The number of ether oxygens (including phenoxy) is 1. The highest BCUT2D eigenvalue weighted by atomic mass is 16.5. The van der Waals surface area contributed by atoms with Gasteiger partial charge in [-0.25, -0.2) is 0 Å². The fraction of sp³-hybridized carbons (Fsp3) is 0.600. The smallest absolute Gasteiger partial charge is 0.309 e. The molecule has 0 saturated heterocycles. The van der Waals surface area contributed by atoms with Crippen LogP contribution in [0.2, 0.25) is 0 Å². The van der Waals surface area contributed by atoms with Crippen molar-refractivity contribution in [3.05, 3.63) is 0 Å². The Labute approximate surface area is 53.2 Å². The van der Waals surface area contributed by atoms with E-state index in [1.807, 2.05) is 0 Å². The molecule has 0 spiro atoms. The van der Waals surface area contributed by atoms with Crippen LogP contribution in [0.5, 0.6) is 0 Å². The van der Waals surface area contributed by atoms with Crippen LogP contribution in [0.3, 0.4) is 0 Å². The molecule has 0 fully saturated rings. The van der Waals surface area contributed by atoms with Crippen molar-refractivity contribution in [1.82, 2.24) is 5.32 Å². The van der Waals surface area contributed by atoms with Crippen LogP contribution in [0.25, 0.3) is 0 Å². The number of carbonyl (C=O) groups excluding carboxylic acids is 2. The highest BCUT2D eigenvalue weighted by Crippen LogP contribution is 1.71. The van der Waals surface area contributed by atoms with Crippen LogP contribution in [0.4, 0.5) is 0 Å². The molecule has 0 saturated carbocycles. The van der Waals surface area contributed by atoms with Crippen LogP contribution in [-0.2, 0) is 14.3 Å². The molecule has 0 unspecified atom stereocenters. The summed E-state index contributed by atoms with van der Waals surface area (Å²) in [6.07, 6.45) is 1.45. The zero-order chi connectivity index (χ0) is 7.11. The van der Waals surface area contributed by atoms with Crippen LogP contribution in [0.15, 0.2) is 0 Å². The molecular weight excluding hydrogens is 122 g/mol. The van der Waals surface area contributed by atoms with Crippen molar-refractivity contribution in [3.8, 4) is 0 Å². The van der Waals surface area contributed by atoms with Gasteiger partial charge in [-0.15, -0.1) is 0 Å². The number of esters is 1. The number of carbonyl (C=O) groups is 1. The van der Waals surface area contributed by atoms with Crippen LogP contribution in [0.1, 0.15) is 6.92 Å². The molecule has 0 heterocycles. The molecule has 1 N–H and O–H groups in total. The van der Waals surface area contributed by atoms with Crippen molar-refractivity contribution >= 4 is 12.4 Å². The molecule has 9 heavy (non-hydrogen) atoms. The average Bonchev–Trinajstić information content (AvgIpc) is 1.80. The largest absolute Gasteiger partial charge is 0.464 e. The first kappa shape index (κ1) is 7.94. The fourth-order valence-electron chi connectivity index (χ4n) is 0.297. The van der Waals surface area contributed by atoms with Crippen molar-refractivity contribution < 1.29 is 14.3 Å².